The highest BCUT2D eigenvalue weighted by Gasteiger charge is 2.41. The Morgan fingerprint density at radius 2 is 1.70 bits per heavy atom. The van der Waals surface area contributed by atoms with Gasteiger partial charge in [0.15, 0.2) is 0 Å². The van der Waals surface area contributed by atoms with Gasteiger partial charge in [0.1, 0.15) is 6.17 Å². The number of nitrogens with two attached hydrogens (primary N) is 1. The van der Waals surface area contributed by atoms with Crippen LogP contribution in [-0.4, -0.2) is 37.4 Å². The Morgan fingerprint density at radius 3 is 2.30 bits per heavy atom. The van der Waals surface area contributed by atoms with Gasteiger partial charge in [0, 0.05) is 30.5 Å². The Hall–Kier alpha value is -1.99. The fourth-order valence-electron chi connectivity index (χ4n) is 3.93. The standard InChI is InChI=1S/C19H25F4N3O/c20-13-7-9-26(10-8-13)17-6-3-14(24)11-16(17)18(27)25-15-4-1-12(2-5-15)19(21,22)23/h3,6,11-13,15H,1-2,4-5,7-10,24H2,(H,25,27). The zero-order valence-electron chi connectivity index (χ0n) is 15.1. The zero-order valence-corrected chi connectivity index (χ0v) is 15.1. The van der Waals surface area contributed by atoms with Crippen molar-refractivity contribution in [2.75, 3.05) is 23.7 Å². The lowest BCUT2D eigenvalue weighted by atomic mass is 9.85. The van der Waals surface area contributed by atoms with Crippen LogP contribution in [0, 0.1) is 5.92 Å². The van der Waals surface area contributed by atoms with E-state index in [4.69, 9.17) is 5.73 Å². The molecule has 1 heterocycles. The Bertz CT molecular complexity index is 663. The molecule has 0 unspecified atom stereocenters. The molecule has 1 amide bonds. The number of nitrogens with zero attached hydrogens (tertiary/aromatic N) is 1. The lowest BCUT2D eigenvalue weighted by molar-refractivity contribution is -0.182. The first kappa shape index (κ1) is 19.8. The van der Waals surface area contributed by atoms with E-state index < -0.39 is 18.3 Å². The number of carbonyl (C=O) groups is 1. The number of rotatable bonds is 3. The van der Waals surface area contributed by atoms with Crippen LogP contribution in [0.25, 0.3) is 0 Å². The van der Waals surface area contributed by atoms with Crippen LogP contribution in [-0.2, 0) is 0 Å². The van der Waals surface area contributed by atoms with E-state index in [2.05, 4.69) is 5.32 Å². The minimum absolute atomic E-state index is 0.0300. The second-order valence-corrected chi connectivity index (χ2v) is 7.50. The first-order chi connectivity index (χ1) is 12.7. The Kier molecular flexibility index (Phi) is 5.81. The van der Waals surface area contributed by atoms with Crippen molar-refractivity contribution in [1.29, 1.82) is 0 Å². The van der Waals surface area contributed by atoms with Crippen LogP contribution in [0.4, 0.5) is 28.9 Å². The van der Waals surface area contributed by atoms with Crippen LogP contribution in [0.3, 0.4) is 0 Å². The highest BCUT2D eigenvalue weighted by molar-refractivity contribution is 6.01. The lowest BCUT2D eigenvalue weighted by Crippen LogP contribution is -2.41. The average Bonchev–Trinajstić information content (AvgIpc) is 2.62. The van der Waals surface area contributed by atoms with Crippen LogP contribution in [0.2, 0.25) is 0 Å². The highest BCUT2D eigenvalue weighted by Crippen LogP contribution is 2.37. The molecule has 1 aliphatic heterocycles. The van der Waals surface area contributed by atoms with E-state index in [0.29, 0.717) is 55.7 Å². The third-order valence-corrected chi connectivity index (χ3v) is 5.56. The number of benzene rings is 1. The van der Waals surface area contributed by atoms with Gasteiger partial charge < -0.3 is 16.0 Å². The van der Waals surface area contributed by atoms with Crippen molar-refractivity contribution in [3.05, 3.63) is 23.8 Å². The van der Waals surface area contributed by atoms with Gasteiger partial charge in [-0.2, -0.15) is 13.2 Å². The van der Waals surface area contributed by atoms with Gasteiger partial charge in [-0.1, -0.05) is 0 Å². The van der Waals surface area contributed by atoms with E-state index >= 15 is 0 Å². The van der Waals surface area contributed by atoms with Gasteiger partial charge in [-0.25, -0.2) is 4.39 Å². The first-order valence-electron chi connectivity index (χ1n) is 9.40. The summed E-state index contributed by atoms with van der Waals surface area (Å²) in [7, 11) is 0. The molecule has 150 valence electrons. The molecule has 27 heavy (non-hydrogen) atoms. The maximum atomic E-state index is 13.4. The number of amides is 1. The molecule has 8 heteroatoms. The van der Waals surface area contributed by atoms with Gasteiger partial charge in [0.05, 0.1) is 11.5 Å². The molecule has 0 bridgehead atoms. The molecule has 1 saturated heterocycles. The number of hydrogen-bond acceptors (Lipinski definition) is 3. The molecular weight excluding hydrogens is 362 g/mol. The molecule has 4 nitrogen and oxygen atoms in total. The van der Waals surface area contributed by atoms with E-state index in [1.165, 1.54) is 0 Å². The van der Waals surface area contributed by atoms with E-state index in [0.717, 1.165) is 0 Å². The monoisotopic (exact) mass is 387 g/mol. The molecule has 0 atom stereocenters. The van der Waals surface area contributed by atoms with Crippen molar-refractivity contribution in [2.45, 2.75) is 56.9 Å². The van der Waals surface area contributed by atoms with Crippen LogP contribution in [0.1, 0.15) is 48.9 Å². The number of hydrogen-bond donors (Lipinski definition) is 2. The van der Waals surface area contributed by atoms with Crippen molar-refractivity contribution in [3.63, 3.8) is 0 Å². The van der Waals surface area contributed by atoms with Crippen LogP contribution in [0.5, 0.6) is 0 Å². The third kappa shape index (κ3) is 4.84. The smallest absolute Gasteiger partial charge is 0.391 e. The third-order valence-electron chi connectivity index (χ3n) is 5.56. The summed E-state index contributed by atoms with van der Waals surface area (Å²) in [4.78, 5) is 14.7. The highest BCUT2D eigenvalue weighted by atomic mass is 19.4. The van der Waals surface area contributed by atoms with Gasteiger partial charge in [-0.15, -0.1) is 0 Å². The lowest BCUT2D eigenvalue weighted by Gasteiger charge is -2.33. The molecular formula is C19H25F4N3O. The first-order valence-corrected chi connectivity index (χ1v) is 9.40. The predicted molar refractivity (Wildman–Crippen MR) is 96.5 cm³/mol. The maximum absolute atomic E-state index is 13.4. The van der Waals surface area contributed by atoms with Crippen LogP contribution >= 0.6 is 0 Å². The van der Waals surface area contributed by atoms with Crippen molar-refractivity contribution in [2.24, 2.45) is 5.92 Å². The minimum Gasteiger partial charge on any atom is -0.399 e. The number of piperidine rings is 1. The second-order valence-electron chi connectivity index (χ2n) is 7.50. The van der Waals surface area contributed by atoms with Crippen molar-refractivity contribution < 1.29 is 22.4 Å². The second kappa shape index (κ2) is 7.94. The van der Waals surface area contributed by atoms with Gasteiger partial charge in [-0.3, -0.25) is 4.79 Å². The quantitative estimate of drug-likeness (QED) is 0.608. The molecule has 0 spiro atoms. The molecule has 3 rings (SSSR count). The summed E-state index contributed by atoms with van der Waals surface area (Å²) >= 11 is 0. The van der Waals surface area contributed by atoms with E-state index in [1.54, 1.807) is 18.2 Å². The topological polar surface area (TPSA) is 58.4 Å². The summed E-state index contributed by atoms with van der Waals surface area (Å²) in [5, 5.41) is 2.86. The summed E-state index contributed by atoms with van der Waals surface area (Å²) in [6.07, 6.45) is -3.50. The SMILES string of the molecule is Nc1ccc(N2CCC(F)CC2)c(C(=O)NC2CCC(C(F)(F)F)CC2)c1. The summed E-state index contributed by atoms with van der Waals surface area (Å²) < 4.78 is 51.8. The normalized spacial score (nSPS) is 24.7. The Labute approximate surface area is 156 Å². The van der Waals surface area contributed by atoms with Crippen LogP contribution < -0.4 is 16.0 Å². The molecule has 2 fully saturated rings. The number of nitrogens with one attached hydrogen (secondary N) is 1. The molecule has 1 aromatic rings. The number of anilines is 2. The molecule has 3 N–H and O–H groups in total. The van der Waals surface area contributed by atoms with E-state index in [1.807, 2.05) is 4.90 Å². The average molecular weight is 387 g/mol. The predicted octanol–water partition coefficient (Wildman–Crippen LogP) is 4.06. The molecule has 0 aromatic heterocycles. The number of halogens is 4. The van der Waals surface area contributed by atoms with Crippen molar-refractivity contribution >= 4 is 17.3 Å². The number of nitrogen functional groups attached to an aromatic ring is 1. The van der Waals surface area contributed by atoms with E-state index in [9.17, 15) is 22.4 Å². The van der Waals surface area contributed by atoms with Gasteiger partial charge >= 0.3 is 6.18 Å². The zero-order chi connectivity index (χ0) is 19.6. The molecule has 2 aliphatic rings. The van der Waals surface area contributed by atoms with Gasteiger partial charge in [-0.05, 0) is 56.7 Å². The van der Waals surface area contributed by atoms with Crippen molar-refractivity contribution in [1.82, 2.24) is 5.32 Å². The summed E-state index contributed by atoms with van der Waals surface area (Å²) in [6.45, 7) is 1.03. The van der Waals surface area contributed by atoms with Gasteiger partial charge in [0.2, 0.25) is 0 Å². The Morgan fingerprint density at radius 1 is 1.07 bits per heavy atom. The number of alkyl halides is 4. The maximum Gasteiger partial charge on any atom is 0.391 e. The Balaban J connectivity index is 1.67. The molecule has 1 saturated carbocycles. The van der Waals surface area contributed by atoms with Crippen molar-refractivity contribution in [3.8, 4) is 0 Å². The number of carbonyl (C=O) groups excluding carboxylic acids is 1. The molecule has 0 radical (unpaired) electrons. The van der Waals surface area contributed by atoms with E-state index in [-0.39, 0.29) is 24.8 Å². The summed E-state index contributed by atoms with van der Waals surface area (Å²) in [6, 6.07) is 4.75. The van der Waals surface area contributed by atoms with Gasteiger partial charge in [0.25, 0.3) is 5.91 Å². The molecule has 1 aliphatic carbocycles. The fourth-order valence-corrected chi connectivity index (χ4v) is 3.93. The van der Waals surface area contributed by atoms with Crippen LogP contribution in [0.15, 0.2) is 18.2 Å². The largest absolute Gasteiger partial charge is 0.399 e. The summed E-state index contributed by atoms with van der Waals surface area (Å²) in [5.74, 6) is -1.62. The summed E-state index contributed by atoms with van der Waals surface area (Å²) in [5.41, 5.74) is 7.35. The molecule has 1 aromatic carbocycles. The fraction of sp³-hybridized carbons (Fsp3) is 0.632. The minimum atomic E-state index is -4.17.